The number of amides is 1. The van der Waals surface area contributed by atoms with Gasteiger partial charge in [-0.15, -0.1) is 0 Å². The largest absolute Gasteiger partial charge is 0.481 e. The molecule has 2 atom stereocenters. The summed E-state index contributed by atoms with van der Waals surface area (Å²) in [5, 5.41) is 12.0. The Kier molecular flexibility index (Phi) is 4.83. The molecule has 0 bridgehead atoms. The van der Waals surface area contributed by atoms with Crippen LogP contribution in [0.5, 0.6) is 0 Å². The number of anilines is 1. The second-order valence-corrected chi connectivity index (χ2v) is 5.79. The Hall–Kier alpha value is -2.04. The first-order valence-corrected chi connectivity index (χ1v) is 7.27. The molecule has 0 aromatic heterocycles. The molecule has 1 saturated carbocycles. The molecule has 21 heavy (non-hydrogen) atoms. The van der Waals surface area contributed by atoms with Gasteiger partial charge in [-0.2, -0.15) is 0 Å². The van der Waals surface area contributed by atoms with Gasteiger partial charge in [-0.3, -0.25) is 9.59 Å². The maximum absolute atomic E-state index is 12.1. The number of carboxylic acids is 1. The van der Waals surface area contributed by atoms with E-state index in [2.05, 4.69) is 5.32 Å². The predicted octanol–water partition coefficient (Wildman–Crippen LogP) is 1.98. The average Bonchev–Trinajstić information content (AvgIpc) is 2.93. The van der Waals surface area contributed by atoms with Crippen LogP contribution in [0, 0.1) is 11.8 Å². The zero-order valence-corrected chi connectivity index (χ0v) is 12.5. The molecular weight excluding hydrogens is 268 g/mol. The summed E-state index contributed by atoms with van der Waals surface area (Å²) in [6, 6.07) is 7.36. The van der Waals surface area contributed by atoms with Crippen LogP contribution in [0.2, 0.25) is 0 Å². The van der Waals surface area contributed by atoms with E-state index in [9.17, 15) is 9.59 Å². The Morgan fingerprint density at radius 1 is 1.24 bits per heavy atom. The molecule has 5 heteroatoms. The van der Waals surface area contributed by atoms with Crippen LogP contribution >= 0.6 is 0 Å². The van der Waals surface area contributed by atoms with Gasteiger partial charge in [0.25, 0.3) is 5.91 Å². The first-order chi connectivity index (χ1) is 9.99. The lowest BCUT2D eigenvalue weighted by Crippen LogP contribution is -2.33. The molecule has 1 fully saturated rings. The van der Waals surface area contributed by atoms with Gasteiger partial charge in [-0.1, -0.05) is 6.42 Å². The van der Waals surface area contributed by atoms with Crippen molar-refractivity contribution in [2.75, 3.05) is 25.5 Å². The van der Waals surface area contributed by atoms with Crippen LogP contribution < -0.4 is 10.2 Å². The van der Waals surface area contributed by atoms with Crippen LogP contribution in [0.3, 0.4) is 0 Å². The number of hydrogen-bond acceptors (Lipinski definition) is 3. The van der Waals surface area contributed by atoms with Crippen molar-refractivity contribution in [1.29, 1.82) is 0 Å². The van der Waals surface area contributed by atoms with E-state index in [1.165, 1.54) is 0 Å². The number of nitrogens with zero attached hydrogens (tertiary/aromatic N) is 1. The molecule has 1 aromatic carbocycles. The Balaban J connectivity index is 1.91. The Morgan fingerprint density at radius 2 is 1.90 bits per heavy atom. The van der Waals surface area contributed by atoms with Gasteiger partial charge in [0.2, 0.25) is 0 Å². The lowest BCUT2D eigenvalue weighted by Gasteiger charge is -2.17. The summed E-state index contributed by atoms with van der Waals surface area (Å²) >= 11 is 0. The number of carboxylic acid groups (broad SMARTS) is 1. The van der Waals surface area contributed by atoms with E-state index in [1.54, 1.807) is 12.1 Å². The molecular formula is C16H22N2O3. The van der Waals surface area contributed by atoms with Crippen LogP contribution in [0.25, 0.3) is 0 Å². The molecule has 0 aliphatic heterocycles. The molecule has 1 aliphatic carbocycles. The van der Waals surface area contributed by atoms with Crippen molar-refractivity contribution in [3.05, 3.63) is 29.8 Å². The lowest BCUT2D eigenvalue weighted by atomic mass is 9.96. The Labute approximate surface area is 125 Å². The fraction of sp³-hybridized carbons (Fsp3) is 0.500. The summed E-state index contributed by atoms with van der Waals surface area (Å²) in [5.74, 6) is -1.16. The van der Waals surface area contributed by atoms with Gasteiger partial charge in [0.1, 0.15) is 0 Å². The molecule has 114 valence electrons. The molecule has 0 heterocycles. The molecule has 0 saturated heterocycles. The number of hydrogen-bond donors (Lipinski definition) is 2. The van der Waals surface area contributed by atoms with Crippen molar-refractivity contribution in [3.8, 4) is 0 Å². The van der Waals surface area contributed by atoms with Crippen molar-refractivity contribution < 1.29 is 14.7 Å². The van der Waals surface area contributed by atoms with Crippen LogP contribution in [-0.2, 0) is 4.79 Å². The fourth-order valence-corrected chi connectivity index (χ4v) is 2.84. The van der Waals surface area contributed by atoms with Gasteiger partial charge in [0, 0.05) is 31.9 Å². The van der Waals surface area contributed by atoms with Crippen molar-refractivity contribution in [2.45, 2.75) is 19.3 Å². The molecule has 2 rings (SSSR count). The van der Waals surface area contributed by atoms with E-state index in [0.717, 1.165) is 18.5 Å². The smallest absolute Gasteiger partial charge is 0.306 e. The normalized spacial score (nSPS) is 21.0. The van der Waals surface area contributed by atoms with Crippen molar-refractivity contribution in [1.82, 2.24) is 5.32 Å². The highest BCUT2D eigenvalue weighted by Crippen LogP contribution is 2.31. The summed E-state index contributed by atoms with van der Waals surface area (Å²) in [5.41, 5.74) is 1.64. The lowest BCUT2D eigenvalue weighted by molar-refractivity contribution is -0.142. The maximum atomic E-state index is 12.1. The average molecular weight is 290 g/mol. The first kappa shape index (κ1) is 15.4. The second kappa shape index (κ2) is 6.61. The Morgan fingerprint density at radius 3 is 2.48 bits per heavy atom. The minimum absolute atomic E-state index is 0.0486. The topological polar surface area (TPSA) is 69.6 Å². The molecule has 2 N–H and O–H groups in total. The van der Waals surface area contributed by atoms with Crippen LogP contribution in [0.15, 0.2) is 24.3 Å². The maximum Gasteiger partial charge on any atom is 0.306 e. The van der Waals surface area contributed by atoms with Crippen LogP contribution in [-0.4, -0.2) is 37.6 Å². The minimum Gasteiger partial charge on any atom is -0.481 e. The van der Waals surface area contributed by atoms with Gasteiger partial charge in [-0.25, -0.2) is 0 Å². The van der Waals surface area contributed by atoms with E-state index in [4.69, 9.17) is 5.11 Å². The van der Waals surface area contributed by atoms with Gasteiger partial charge in [-0.05, 0) is 43.0 Å². The van der Waals surface area contributed by atoms with Gasteiger partial charge in [0.15, 0.2) is 0 Å². The molecule has 0 radical (unpaired) electrons. The third kappa shape index (κ3) is 3.74. The van der Waals surface area contributed by atoms with Crippen LogP contribution in [0.1, 0.15) is 29.6 Å². The number of nitrogens with one attached hydrogen (secondary N) is 1. The summed E-state index contributed by atoms with van der Waals surface area (Å²) in [7, 11) is 3.89. The molecule has 2 unspecified atom stereocenters. The monoisotopic (exact) mass is 290 g/mol. The third-order valence-corrected chi connectivity index (χ3v) is 4.15. The van der Waals surface area contributed by atoms with Gasteiger partial charge >= 0.3 is 5.97 Å². The van der Waals surface area contributed by atoms with Crippen molar-refractivity contribution in [2.24, 2.45) is 11.8 Å². The zero-order valence-electron chi connectivity index (χ0n) is 12.5. The number of aliphatic carboxylic acids is 1. The molecule has 0 spiro atoms. The summed E-state index contributed by atoms with van der Waals surface area (Å²) in [4.78, 5) is 25.2. The van der Waals surface area contributed by atoms with Crippen molar-refractivity contribution in [3.63, 3.8) is 0 Å². The number of carbonyl (C=O) groups excluding carboxylic acids is 1. The summed E-state index contributed by atoms with van der Waals surface area (Å²) in [6.45, 7) is 0.436. The van der Waals surface area contributed by atoms with Gasteiger partial charge in [0.05, 0.1) is 5.92 Å². The van der Waals surface area contributed by atoms with E-state index in [1.807, 2.05) is 31.1 Å². The highest BCUT2D eigenvalue weighted by Gasteiger charge is 2.32. The molecule has 1 amide bonds. The quantitative estimate of drug-likeness (QED) is 0.870. The SMILES string of the molecule is CN(C)c1ccc(C(=O)NCC2CCCC2C(=O)O)cc1. The Bertz CT molecular complexity index is 511. The molecule has 1 aliphatic rings. The predicted molar refractivity (Wildman–Crippen MR) is 81.6 cm³/mol. The molecule has 5 nitrogen and oxygen atoms in total. The summed E-state index contributed by atoms with van der Waals surface area (Å²) < 4.78 is 0. The zero-order chi connectivity index (χ0) is 15.4. The van der Waals surface area contributed by atoms with E-state index in [0.29, 0.717) is 18.5 Å². The summed E-state index contributed by atoms with van der Waals surface area (Å²) in [6.07, 6.45) is 2.51. The number of benzene rings is 1. The number of carbonyl (C=O) groups is 2. The fourth-order valence-electron chi connectivity index (χ4n) is 2.84. The molecule has 1 aromatic rings. The number of rotatable bonds is 5. The highest BCUT2D eigenvalue weighted by atomic mass is 16.4. The minimum atomic E-state index is -0.748. The highest BCUT2D eigenvalue weighted by molar-refractivity contribution is 5.94. The van der Waals surface area contributed by atoms with E-state index >= 15 is 0 Å². The van der Waals surface area contributed by atoms with Crippen LogP contribution in [0.4, 0.5) is 5.69 Å². The van der Waals surface area contributed by atoms with Crippen molar-refractivity contribution >= 4 is 17.6 Å². The van der Waals surface area contributed by atoms with E-state index < -0.39 is 5.97 Å². The van der Waals surface area contributed by atoms with Gasteiger partial charge < -0.3 is 15.3 Å². The van der Waals surface area contributed by atoms with E-state index in [-0.39, 0.29) is 17.7 Å². The second-order valence-electron chi connectivity index (χ2n) is 5.79. The first-order valence-electron chi connectivity index (χ1n) is 7.27. The standard InChI is InChI=1S/C16H22N2O3/c1-18(2)13-8-6-11(7-9-13)15(19)17-10-12-4-3-5-14(12)16(20)21/h6-9,12,14H,3-5,10H2,1-2H3,(H,17,19)(H,20,21). The third-order valence-electron chi connectivity index (χ3n) is 4.15.